The third-order valence-electron chi connectivity index (χ3n) is 2.84. The first-order chi connectivity index (χ1) is 7.45. The van der Waals surface area contributed by atoms with Crippen LogP contribution in [0, 0.1) is 0 Å². The van der Waals surface area contributed by atoms with Gasteiger partial charge in [-0.2, -0.15) is 0 Å². The Morgan fingerprint density at radius 2 is 1.19 bits per heavy atom. The molecule has 0 aromatic heterocycles. The van der Waals surface area contributed by atoms with Crippen molar-refractivity contribution in [3.8, 4) is 0 Å². The molecule has 0 aromatic carbocycles. The number of hydrogen-bond acceptors (Lipinski definition) is 3. The molecule has 0 aliphatic rings. The second kappa shape index (κ2) is 7.60. The van der Waals surface area contributed by atoms with Crippen molar-refractivity contribution >= 4 is 16.9 Å². The smallest absolute Gasteiger partial charge is 0.334 e. The van der Waals surface area contributed by atoms with E-state index in [1.165, 1.54) is 0 Å². The predicted octanol–water partition coefficient (Wildman–Crippen LogP) is 3.30. The molecule has 0 saturated carbocycles. The van der Waals surface area contributed by atoms with Gasteiger partial charge in [-0.3, -0.25) is 0 Å². The van der Waals surface area contributed by atoms with Gasteiger partial charge in [0.05, 0.1) is 0 Å². The Morgan fingerprint density at radius 1 is 0.750 bits per heavy atom. The van der Waals surface area contributed by atoms with Crippen molar-refractivity contribution < 1.29 is 13.3 Å². The molecule has 0 bridgehead atoms. The molecule has 0 rings (SSSR count). The van der Waals surface area contributed by atoms with Gasteiger partial charge in [-0.05, 0) is 39.9 Å². The Balaban J connectivity index is 4.56. The van der Waals surface area contributed by atoms with Crippen LogP contribution in [0.3, 0.4) is 0 Å². The fourth-order valence-electron chi connectivity index (χ4n) is 2.06. The van der Waals surface area contributed by atoms with Crippen LogP contribution in [0.25, 0.3) is 0 Å². The molecule has 0 saturated heterocycles. The Bertz CT molecular complexity index is 184. The molecule has 0 radical (unpaired) electrons. The van der Waals surface area contributed by atoms with Gasteiger partial charge in [0.25, 0.3) is 0 Å². The van der Waals surface area contributed by atoms with Crippen molar-refractivity contribution in [3.63, 3.8) is 0 Å². The fourth-order valence-corrected chi connectivity index (χ4v) is 11.9. The molecule has 3 nitrogen and oxygen atoms in total. The normalized spacial score (nSPS) is 16.1. The van der Waals surface area contributed by atoms with Gasteiger partial charge in [-0.25, -0.2) is 0 Å². The topological polar surface area (TPSA) is 27.7 Å². The van der Waals surface area contributed by atoms with Crippen LogP contribution >= 0.6 is 0 Å². The van der Waals surface area contributed by atoms with Crippen LogP contribution in [0.5, 0.6) is 0 Å². The zero-order valence-corrected chi connectivity index (χ0v) is 13.8. The zero-order chi connectivity index (χ0) is 12.7. The van der Waals surface area contributed by atoms with E-state index in [1.807, 2.05) is 13.8 Å². The molecule has 5 heteroatoms. The van der Waals surface area contributed by atoms with E-state index >= 15 is 0 Å². The Kier molecular flexibility index (Phi) is 7.75. The molecule has 98 valence electrons. The SMILES string of the molecule is CCO[Si](C)(CC)C[Si](C)(OCC)OCC. The van der Waals surface area contributed by atoms with E-state index in [0.717, 1.165) is 31.5 Å². The highest BCUT2D eigenvalue weighted by atomic mass is 28.4. The minimum atomic E-state index is -2.01. The van der Waals surface area contributed by atoms with Gasteiger partial charge < -0.3 is 13.3 Å². The predicted molar refractivity (Wildman–Crippen MR) is 73.4 cm³/mol. The molecular weight excluding hydrogens is 236 g/mol. The van der Waals surface area contributed by atoms with Crippen molar-refractivity contribution in [1.82, 2.24) is 0 Å². The Hall–Kier alpha value is 0.314. The van der Waals surface area contributed by atoms with Gasteiger partial charge in [-0.1, -0.05) is 6.92 Å². The summed E-state index contributed by atoms with van der Waals surface area (Å²) in [7, 11) is -3.63. The Labute approximate surface area is 103 Å². The number of rotatable bonds is 9. The average molecular weight is 265 g/mol. The molecule has 0 amide bonds. The van der Waals surface area contributed by atoms with Crippen molar-refractivity contribution in [2.75, 3.05) is 19.8 Å². The van der Waals surface area contributed by atoms with Crippen molar-refractivity contribution in [2.24, 2.45) is 0 Å². The van der Waals surface area contributed by atoms with Crippen LogP contribution in [0.15, 0.2) is 0 Å². The van der Waals surface area contributed by atoms with Crippen LogP contribution in [0.4, 0.5) is 0 Å². The van der Waals surface area contributed by atoms with Crippen LogP contribution in [0.2, 0.25) is 24.8 Å². The molecule has 0 fully saturated rings. The average Bonchev–Trinajstić information content (AvgIpc) is 2.18. The highest BCUT2D eigenvalue weighted by Crippen LogP contribution is 2.26. The van der Waals surface area contributed by atoms with Gasteiger partial charge in [-0.15, -0.1) is 0 Å². The van der Waals surface area contributed by atoms with Gasteiger partial charge in [0.1, 0.15) is 0 Å². The minimum absolute atomic E-state index is 0.739. The van der Waals surface area contributed by atoms with Gasteiger partial charge in [0.2, 0.25) is 0 Å². The van der Waals surface area contributed by atoms with Crippen LogP contribution in [0.1, 0.15) is 27.7 Å². The molecule has 16 heavy (non-hydrogen) atoms. The summed E-state index contributed by atoms with van der Waals surface area (Å²) >= 11 is 0. The summed E-state index contributed by atoms with van der Waals surface area (Å²) in [6.07, 6.45) is 0. The highest BCUT2D eigenvalue weighted by molar-refractivity contribution is 6.88. The number of hydrogen-bond donors (Lipinski definition) is 0. The molecular formula is C11H28O3Si2. The molecule has 1 atom stereocenters. The van der Waals surface area contributed by atoms with Crippen LogP contribution in [-0.4, -0.2) is 36.7 Å². The molecule has 0 aliphatic heterocycles. The minimum Gasteiger partial charge on any atom is -0.417 e. The summed E-state index contributed by atoms with van der Waals surface area (Å²) in [5.41, 5.74) is 1.03. The van der Waals surface area contributed by atoms with Gasteiger partial charge in [0, 0.05) is 25.5 Å². The molecule has 0 N–H and O–H groups in total. The van der Waals surface area contributed by atoms with E-state index in [0.29, 0.717) is 0 Å². The quantitative estimate of drug-likeness (QED) is 0.598. The standard InChI is InChI=1S/C11H28O3Si2/c1-7-12-15(5,10-4)11-16(6,13-8-2)14-9-3/h7-11H2,1-6H3. The zero-order valence-electron chi connectivity index (χ0n) is 11.8. The van der Waals surface area contributed by atoms with Crippen molar-refractivity contribution in [2.45, 2.75) is 52.5 Å². The lowest BCUT2D eigenvalue weighted by molar-refractivity contribution is 0.190. The lowest BCUT2D eigenvalue weighted by Crippen LogP contribution is -2.49. The summed E-state index contributed by atoms with van der Waals surface area (Å²) in [6, 6.07) is 1.13. The lowest BCUT2D eigenvalue weighted by Gasteiger charge is -2.34. The first kappa shape index (κ1) is 16.3. The van der Waals surface area contributed by atoms with E-state index < -0.39 is 16.9 Å². The lowest BCUT2D eigenvalue weighted by atomic mass is 10.9. The summed E-state index contributed by atoms with van der Waals surface area (Å²) < 4.78 is 17.8. The van der Waals surface area contributed by atoms with Crippen molar-refractivity contribution in [3.05, 3.63) is 0 Å². The molecule has 0 heterocycles. The molecule has 0 aromatic rings. The van der Waals surface area contributed by atoms with E-state index in [-0.39, 0.29) is 0 Å². The van der Waals surface area contributed by atoms with E-state index in [4.69, 9.17) is 13.3 Å². The summed E-state index contributed by atoms with van der Waals surface area (Å²) in [4.78, 5) is 0. The van der Waals surface area contributed by atoms with E-state index in [2.05, 4.69) is 26.9 Å². The Morgan fingerprint density at radius 3 is 1.50 bits per heavy atom. The molecule has 0 spiro atoms. The second-order valence-electron chi connectivity index (χ2n) is 4.41. The largest absolute Gasteiger partial charge is 0.417 e. The maximum Gasteiger partial charge on any atom is 0.334 e. The first-order valence-electron chi connectivity index (χ1n) is 6.37. The van der Waals surface area contributed by atoms with Gasteiger partial charge >= 0.3 is 8.56 Å². The van der Waals surface area contributed by atoms with Crippen LogP contribution < -0.4 is 0 Å². The fraction of sp³-hybridized carbons (Fsp3) is 1.00. The van der Waals surface area contributed by atoms with Crippen molar-refractivity contribution in [1.29, 1.82) is 0 Å². The maximum absolute atomic E-state index is 5.98. The van der Waals surface area contributed by atoms with E-state index in [1.54, 1.807) is 0 Å². The molecule has 1 unspecified atom stereocenters. The third-order valence-corrected chi connectivity index (χ3v) is 12.7. The second-order valence-corrected chi connectivity index (χ2v) is 12.6. The summed E-state index contributed by atoms with van der Waals surface area (Å²) in [5, 5.41) is 0. The monoisotopic (exact) mass is 264 g/mol. The highest BCUT2D eigenvalue weighted by Gasteiger charge is 2.41. The summed E-state index contributed by atoms with van der Waals surface area (Å²) in [5.74, 6) is 0. The van der Waals surface area contributed by atoms with E-state index in [9.17, 15) is 0 Å². The molecule has 0 aliphatic carbocycles. The third kappa shape index (κ3) is 5.59. The maximum atomic E-state index is 5.98. The van der Waals surface area contributed by atoms with Gasteiger partial charge in [0.15, 0.2) is 8.32 Å². The first-order valence-corrected chi connectivity index (χ1v) is 11.7. The van der Waals surface area contributed by atoms with Crippen LogP contribution in [-0.2, 0) is 13.3 Å². The summed E-state index contributed by atoms with van der Waals surface area (Å²) in [6.45, 7) is 15.1.